The lowest BCUT2D eigenvalue weighted by Gasteiger charge is -2.27. The number of hydrogen-bond acceptors (Lipinski definition) is 2. The molecule has 0 bridgehead atoms. The van der Waals surface area contributed by atoms with Gasteiger partial charge in [0.25, 0.3) is 0 Å². The first kappa shape index (κ1) is 11.3. The Labute approximate surface area is 86.3 Å². The molecule has 0 spiro atoms. The molecule has 1 rings (SSSR count). The minimum Gasteiger partial charge on any atom is -0.350 e. The van der Waals surface area contributed by atoms with E-state index in [-0.39, 0.29) is 11.6 Å². The van der Waals surface area contributed by atoms with Crippen LogP contribution in [0.4, 0.5) is 0 Å². The molecular weight excluding hydrogens is 176 g/mol. The molecule has 0 aromatic rings. The van der Waals surface area contributed by atoms with E-state index in [1.54, 1.807) is 0 Å². The Hall–Kier alpha value is -0.770. The second kappa shape index (κ2) is 4.64. The lowest BCUT2D eigenvalue weighted by Crippen LogP contribution is -2.52. The average Bonchev–Trinajstić information content (AvgIpc) is 2.50. The first-order chi connectivity index (χ1) is 6.56. The molecule has 82 valence electrons. The summed E-state index contributed by atoms with van der Waals surface area (Å²) in [6.07, 6.45) is 4.99. The molecule has 0 heterocycles. The number of aliphatic imine (C=N–C) groups is 1. The second-order valence-electron chi connectivity index (χ2n) is 4.61. The summed E-state index contributed by atoms with van der Waals surface area (Å²) in [5.41, 5.74) is 2.81. The highest BCUT2D eigenvalue weighted by Gasteiger charge is 2.29. The van der Waals surface area contributed by atoms with Crippen LogP contribution in [0.2, 0.25) is 0 Å². The van der Waals surface area contributed by atoms with Crippen LogP contribution in [0.5, 0.6) is 0 Å². The monoisotopic (exact) mass is 198 g/mol. The van der Waals surface area contributed by atoms with Gasteiger partial charge in [-0.15, -0.1) is 0 Å². The van der Waals surface area contributed by atoms with Crippen LogP contribution in [0.3, 0.4) is 0 Å². The van der Waals surface area contributed by atoms with Crippen LogP contribution >= 0.6 is 0 Å². The van der Waals surface area contributed by atoms with Gasteiger partial charge in [-0.3, -0.25) is 5.43 Å². The van der Waals surface area contributed by atoms with Gasteiger partial charge >= 0.3 is 0 Å². The summed E-state index contributed by atoms with van der Waals surface area (Å²) in [5.74, 6) is 6.13. The van der Waals surface area contributed by atoms with E-state index in [4.69, 9.17) is 5.84 Å². The Balaban J connectivity index is 2.55. The third-order valence-corrected chi connectivity index (χ3v) is 2.65. The molecule has 4 heteroatoms. The molecule has 0 aromatic carbocycles. The Kier molecular flexibility index (Phi) is 3.75. The Morgan fingerprint density at radius 2 is 1.93 bits per heavy atom. The summed E-state index contributed by atoms with van der Waals surface area (Å²) in [6, 6.07) is 0.263. The summed E-state index contributed by atoms with van der Waals surface area (Å²) < 4.78 is 0. The van der Waals surface area contributed by atoms with Gasteiger partial charge in [0.05, 0.1) is 0 Å². The maximum absolute atomic E-state index is 5.41. The highest BCUT2D eigenvalue weighted by atomic mass is 15.3. The lowest BCUT2D eigenvalue weighted by molar-refractivity contribution is 0.424. The Bertz CT molecular complexity index is 204. The summed E-state index contributed by atoms with van der Waals surface area (Å²) in [7, 11) is 0. The third kappa shape index (κ3) is 3.18. The number of nitrogens with two attached hydrogens (primary N) is 1. The molecule has 1 saturated carbocycles. The fourth-order valence-corrected chi connectivity index (χ4v) is 1.93. The zero-order chi connectivity index (χ0) is 10.6. The number of nitrogens with one attached hydrogen (secondary N) is 2. The van der Waals surface area contributed by atoms with Gasteiger partial charge in [0.1, 0.15) is 0 Å². The topological polar surface area (TPSA) is 62.4 Å². The number of hydrogen-bond donors (Lipinski definition) is 3. The van der Waals surface area contributed by atoms with Crippen molar-refractivity contribution in [2.75, 3.05) is 0 Å². The number of rotatable bonds is 2. The SMILES string of the molecule is CC(C)N=C(NN)NC1(C)CCCC1. The molecule has 0 atom stereocenters. The predicted octanol–water partition coefficient (Wildman–Crippen LogP) is 1.14. The highest BCUT2D eigenvalue weighted by Crippen LogP contribution is 2.28. The fraction of sp³-hybridized carbons (Fsp3) is 0.900. The lowest BCUT2D eigenvalue weighted by atomic mass is 10.0. The van der Waals surface area contributed by atoms with Crippen LogP contribution in [-0.4, -0.2) is 17.5 Å². The molecule has 0 radical (unpaired) electrons. The number of hydrazine groups is 1. The molecular formula is C10H22N4. The number of guanidine groups is 1. The van der Waals surface area contributed by atoms with Crippen molar-refractivity contribution in [3.8, 4) is 0 Å². The molecule has 0 aromatic heterocycles. The van der Waals surface area contributed by atoms with Crippen LogP contribution in [0, 0.1) is 0 Å². The average molecular weight is 198 g/mol. The molecule has 0 amide bonds. The second-order valence-corrected chi connectivity index (χ2v) is 4.61. The summed E-state index contributed by atoms with van der Waals surface area (Å²) >= 11 is 0. The third-order valence-electron chi connectivity index (χ3n) is 2.65. The van der Waals surface area contributed by atoms with Gasteiger partial charge in [0.2, 0.25) is 5.96 Å². The summed E-state index contributed by atoms with van der Waals surface area (Å²) in [6.45, 7) is 6.30. The zero-order valence-electron chi connectivity index (χ0n) is 9.43. The van der Waals surface area contributed by atoms with E-state index in [1.807, 2.05) is 13.8 Å². The molecule has 4 N–H and O–H groups in total. The molecule has 1 aliphatic rings. The molecule has 1 fully saturated rings. The van der Waals surface area contributed by atoms with E-state index in [1.165, 1.54) is 25.7 Å². The van der Waals surface area contributed by atoms with Gasteiger partial charge in [-0.25, -0.2) is 10.8 Å². The van der Waals surface area contributed by atoms with E-state index < -0.39 is 0 Å². The van der Waals surface area contributed by atoms with Crippen molar-refractivity contribution in [1.29, 1.82) is 0 Å². The zero-order valence-corrected chi connectivity index (χ0v) is 9.43. The highest BCUT2D eigenvalue weighted by molar-refractivity contribution is 5.80. The van der Waals surface area contributed by atoms with E-state index >= 15 is 0 Å². The Morgan fingerprint density at radius 1 is 1.36 bits per heavy atom. The van der Waals surface area contributed by atoms with Gasteiger partial charge in [0.15, 0.2) is 0 Å². The van der Waals surface area contributed by atoms with Crippen molar-refractivity contribution in [2.45, 2.75) is 58.0 Å². The van der Waals surface area contributed by atoms with Gasteiger partial charge in [-0.2, -0.15) is 0 Å². The van der Waals surface area contributed by atoms with E-state index in [9.17, 15) is 0 Å². The van der Waals surface area contributed by atoms with Crippen molar-refractivity contribution in [3.05, 3.63) is 0 Å². The Morgan fingerprint density at radius 3 is 2.36 bits per heavy atom. The van der Waals surface area contributed by atoms with Gasteiger partial charge in [0, 0.05) is 11.6 Å². The van der Waals surface area contributed by atoms with E-state index in [2.05, 4.69) is 22.7 Å². The first-order valence-electron chi connectivity index (χ1n) is 5.38. The molecule has 0 aliphatic heterocycles. The summed E-state index contributed by atoms with van der Waals surface area (Å²) in [5, 5.41) is 3.39. The predicted molar refractivity (Wildman–Crippen MR) is 59.9 cm³/mol. The minimum atomic E-state index is 0.181. The van der Waals surface area contributed by atoms with Gasteiger partial charge in [-0.05, 0) is 33.6 Å². The molecule has 4 nitrogen and oxygen atoms in total. The van der Waals surface area contributed by atoms with Crippen LogP contribution in [0.15, 0.2) is 4.99 Å². The van der Waals surface area contributed by atoms with Crippen molar-refractivity contribution in [2.24, 2.45) is 10.8 Å². The van der Waals surface area contributed by atoms with Crippen molar-refractivity contribution >= 4 is 5.96 Å². The van der Waals surface area contributed by atoms with Crippen LogP contribution < -0.4 is 16.6 Å². The molecule has 1 aliphatic carbocycles. The van der Waals surface area contributed by atoms with E-state index in [0.29, 0.717) is 5.96 Å². The van der Waals surface area contributed by atoms with Gasteiger partial charge < -0.3 is 5.32 Å². The first-order valence-corrected chi connectivity index (χ1v) is 5.38. The summed E-state index contributed by atoms with van der Waals surface area (Å²) in [4.78, 5) is 4.37. The minimum absolute atomic E-state index is 0.181. The van der Waals surface area contributed by atoms with Crippen LogP contribution in [-0.2, 0) is 0 Å². The maximum Gasteiger partial charge on any atom is 0.206 e. The van der Waals surface area contributed by atoms with Crippen molar-refractivity contribution < 1.29 is 0 Å². The van der Waals surface area contributed by atoms with Crippen LogP contribution in [0.25, 0.3) is 0 Å². The molecule has 0 unspecified atom stereocenters. The standard InChI is InChI=1S/C10H22N4/c1-8(2)12-9(14-11)13-10(3)6-4-5-7-10/h8H,4-7,11H2,1-3H3,(H2,12,13,14). The fourth-order valence-electron chi connectivity index (χ4n) is 1.93. The maximum atomic E-state index is 5.41. The molecule has 0 saturated heterocycles. The van der Waals surface area contributed by atoms with E-state index in [0.717, 1.165) is 0 Å². The quantitative estimate of drug-likeness (QED) is 0.270. The normalized spacial score (nSPS) is 21.4. The van der Waals surface area contributed by atoms with Crippen LogP contribution in [0.1, 0.15) is 46.5 Å². The number of nitrogens with zero attached hydrogens (tertiary/aromatic N) is 1. The smallest absolute Gasteiger partial charge is 0.206 e. The van der Waals surface area contributed by atoms with Gasteiger partial charge in [-0.1, -0.05) is 12.8 Å². The largest absolute Gasteiger partial charge is 0.350 e. The van der Waals surface area contributed by atoms with Crippen molar-refractivity contribution in [1.82, 2.24) is 10.7 Å². The molecule has 14 heavy (non-hydrogen) atoms. The van der Waals surface area contributed by atoms with Crippen molar-refractivity contribution in [3.63, 3.8) is 0 Å².